The minimum absolute atomic E-state index is 0.360. The lowest BCUT2D eigenvalue weighted by Gasteiger charge is -2.35. The third-order valence-electron chi connectivity index (χ3n) is 6.16. The number of nitrogens with zero attached hydrogens (tertiary/aromatic N) is 1. The maximum absolute atomic E-state index is 13.2. The fraction of sp³-hybridized carbons (Fsp3) is 0.194. The summed E-state index contributed by atoms with van der Waals surface area (Å²) in [5, 5.41) is 14.3. The van der Waals surface area contributed by atoms with Gasteiger partial charge in [0.25, 0.3) is 5.91 Å². The van der Waals surface area contributed by atoms with E-state index < -0.39 is 12.1 Å². The molecule has 0 radical (unpaired) electrons. The molecule has 0 heterocycles. The molecule has 4 aromatic carbocycles. The van der Waals surface area contributed by atoms with E-state index in [0.717, 1.165) is 22.3 Å². The Bertz CT molecular complexity index is 1110. The van der Waals surface area contributed by atoms with Crippen LogP contribution in [-0.2, 0) is 30.8 Å². The number of carbonyl (C=O) groups excluding carboxylic acids is 1. The van der Waals surface area contributed by atoms with Crippen molar-refractivity contribution in [2.24, 2.45) is 0 Å². The molecule has 1 amide bonds. The van der Waals surface area contributed by atoms with E-state index in [2.05, 4.69) is 34.5 Å². The fourth-order valence-electron chi connectivity index (χ4n) is 4.29. The van der Waals surface area contributed by atoms with Gasteiger partial charge in [-0.2, -0.15) is 0 Å². The highest BCUT2D eigenvalue weighted by atomic mass is 16.3. The van der Waals surface area contributed by atoms with Gasteiger partial charge in [0.1, 0.15) is 6.10 Å². The van der Waals surface area contributed by atoms with Crippen molar-refractivity contribution < 1.29 is 9.90 Å². The predicted octanol–water partition coefficient (Wildman–Crippen LogP) is 4.98. The van der Waals surface area contributed by atoms with Crippen LogP contribution in [0.5, 0.6) is 0 Å². The van der Waals surface area contributed by atoms with Crippen LogP contribution in [-0.4, -0.2) is 28.1 Å². The van der Waals surface area contributed by atoms with Gasteiger partial charge in [-0.1, -0.05) is 121 Å². The zero-order valence-corrected chi connectivity index (χ0v) is 19.8. The summed E-state index contributed by atoms with van der Waals surface area (Å²) >= 11 is 0. The summed E-state index contributed by atoms with van der Waals surface area (Å²) in [5.74, 6) is -0.360. The minimum atomic E-state index is -1.19. The largest absolute Gasteiger partial charge is 0.382 e. The molecule has 0 aliphatic rings. The van der Waals surface area contributed by atoms with E-state index in [9.17, 15) is 9.90 Å². The summed E-state index contributed by atoms with van der Waals surface area (Å²) in [5.41, 5.74) is 4.35. The van der Waals surface area contributed by atoms with Crippen molar-refractivity contribution >= 4 is 5.91 Å². The molecule has 0 aliphatic carbocycles. The van der Waals surface area contributed by atoms with Crippen molar-refractivity contribution in [2.75, 3.05) is 0 Å². The number of rotatable bonds is 11. The van der Waals surface area contributed by atoms with E-state index in [-0.39, 0.29) is 5.91 Å². The smallest absolute Gasteiger partial charge is 0.250 e. The zero-order chi connectivity index (χ0) is 24.3. The Morgan fingerprint density at radius 2 is 1.03 bits per heavy atom. The van der Waals surface area contributed by atoms with E-state index in [1.807, 2.05) is 97.1 Å². The zero-order valence-electron chi connectivity index (χ0n) is 19.8. The number of carbonyl (C=O) groups is 1. The van der Waals surface area contributed by atoms with E-state index >= 15 is 0 Å². The summed E-state index contributed by atoms with van der Waals surface area (Å²) in [6.45, 7) is 1.62. The van der Waals surface area contributed by atoms with Crippen LogP contribution >= 0.6 is 0 Å². The van der Waals surface area contributed by atoms with Crippen molar-refractivity contribution in [3.05, 3.63) is 144 Å². The first kappa shape index (κ1) is 24.4. The highest BCUT2D eigenvalue weighted by Crippen LogP contribution is 2.20. The Balaban J connectivity index is 1.60. The maximum atomic E-state index is 13.2. The molecule has 0 unspecified atom stereocenters. The molecule has 0 fully saturated rings. The molecule has 0 aromatic heterocycles. The standard InChI is InChI=1S/C31H32N2O2/c34-30(31(35)32-22-26-15-7-2-8-16-26)29(21-25-13-5-1-6-14-25)33(23-27-17-9-3-10-18-27)24-28-19-11-4-12-20-28/h1-20,29-30,34H,21-24H2,(H,32,35)/t29-,30+/m0/s1. The van der Waals surface area contributed by atoms with E-state index in [4.69, 9.17) is 0 Å². The topological polar surface area (TPSA) is 52.6 Å². The monoisotopic (exact) mass is 464 g/mol. The molecule has 178 valence electrons. The lowest BCUT2D eigenvalue weighted by Crippen LogP contribution is -2.51. The SMILES string of the molecule is O=C(NCc1ccccc1)[C@H](O)[C@H](Cc1ccccc1)N(Cc1ccccc1)Cc1ccccc1. The van der Waals surface area contributed by atoms with Gasteiger partial charge < -0.3 is 10.4 Å². The van der Waals surface area contributed by atoms with Crippen LogP contribution in [0.2, 0.25) is 0 Å². The Morgan fingerprint density at radius 1 is 0.629 bits per heavy atom. The van der Waals surface area contributed by atoms with Gasteiger partial charge in [0, 0.05) is 25.7 Å². The summed E-state index contributed by atoms with van der Waals surface area (Å²) in [7, 11) is 0. The second-order valence-corrected chi connectivity index (χ2v) is 8.78. The second kappa shape index (κ2) is 12.7. The summed E-state index contributed by atoms with van der Waals surface area (Å²) in [4.78, 5) is 15.4. The molecule has 4 heteroatoms. The van der Waals surface area contributed by atoms with Gasteiger partial charge in [-0.25, -0.2) is 0 Å². The molecule has 4 nitrogen and oxygen atoms in total. The minimum Gasteiger partial charge on any atom is -0.382 e. The van der Waals surface area contributed by atoms with Crippen LogP contribution in [0.3, 0.4) is 0 Å². The van der Waals surface area contributed by atoms with Crippen molar-refractivity contribution in [1.82, 2.24) is 10.2 Å². The summed E-state index contributed by atoms with van der Waals surface area (Å²) in [6.07, 6.45) is -0.633. The number of aliphatic hydroxyl groups excluding tert-OH is 1. The number of hydrogen-bond acceptors (Lipinski definition) is 3. The van der Waals surface area contributed by atoms with Crippen molar-refractivity contribution in [1.29, 1.82) is 0 Å². The first-order chi connectivity index (χ1) is 17.2. The van der Waals surface area contributed by atoms with Crippen LogP contribution in [0.25, 0.3) is 0 Å². The summed E-state index contributed by atoms with van der Waals surface area (Å²) in [6, 6.07) is 39.8. The Kier molecular flexibility index (Phi) is 8.82. The highest BCUT2D eigenvalue weighted by molar-refractivity contribution is 5.81. The van der Waals surface area contributed by atoms with E-state index in [1.165, 1.54) is 0 Å². The van der Waals surface area contributed by atoms with Crippen LogP contribution in [0.1, 0.15) is 22.3 Å². The van der Waals surface area contributed by atoms with Gasteiger partial charge in [0.2, 0.25) is 0 Å². The molecule has 4 rings (SSSR count). The maximum Gasteiger partial charge on any atom is 0.250 e. The fourth-order valence-corrected chi connectivity index (χ4v) is 4.29. The molecular weight excluding hydrogens is 432 g/mol. The first-order valence-corrected chi connectivity index (χ1v) is 12.0. The van der Waals surface area contributed by atoms with Gasteiger partial charge in [-0.05, 0) is 28.7 Å². The molecule has 35 heavy (non-hydrogen) atoms. The third kappa shape index (κ3) is 7.38. The lowest BCUT2D eigenvalue weighted by atomic mass is 9.97. The van der Waals surface area contributed by atoms with Crippen LogP contribution in [0.15, 0.2) is 121 Å². The molecule has 4 aromatic rings. The molecular formula is C31H32N2O2. The van der Waals surface area contributed by atoms with Gasteiger partial charge in [-0.15, -0.1) is 0 Å². The number of hydrogen-bond donors (Lipinski definition) is 2. The Hall–Kier alpha value is -3.73. The van der Waals surface area contributed by atoms with Crippen molar-refractivity contribution in [3.8, 4) is 0 Å². The third-order valence-corrected chi connectivity index (χ3v) is 6.16. The molecule has 2 atom stereocenters. The van der Waals surface area contributed by atoms with Crippen LogP contribution in [0, 0.1) is 0 Å². The Morgan fingerprint density at radius 3 is 1.49 bits per heavy atom. The normalized spacial score (nSPS) is 12.7. The molecule has 0 bridgehead atoms. The molecule has 0 saturated heterocycles. The summed E-state index contributed by atoms with van der Waals surface area (Å²) < 4.78 is 0. The number of benzene rings is 4. The van der Waals surface area contributed by atoms with Gasteiger partial charge in [0.05, 0.1) is 0 Å². The number of nitrogens with one attached hydrogen (secondary N) is 1. The molecule has 0 saturated carbocycles. The molecule has 0 aliphatic heterocycles. The number of aliphatic hydroxyl groups is 1. The van der Waals surface area contributed by atoms with E-state index in [1.54, 1.807) is 0 Å². The first-order valence-electron chi connectivity index (χ1n) is 12.0. The van der Waals surface area contributed by atoms with Gasteiger partial charge in [0.15, 0.2) is 0 Å². The number of amides is 1. The lowest BCUT2D eigenvalue weighted by molar-refractivity contribution is -0.133. The van der Waals surface area contributed by atoms with Crippen LogP contribution in [0.4, 0.5) is 0 Å². The molecule has 0 spiro atoms. The average Bonchev–Trinajstić information content (AvgIpc) is 2.92. The van der Waals surface area contributed by atoms with Gasteiger partial charge >= 0.3 is 0 Å². The van der Waals surface area contributed by atoms with E-state index in [0.29, 0.717) is 26.1 Å². The quantitative estimate of drug-likeness (QED) is 0.329. The predicted molar refractivity (Wildman–Crippen MR) is 140 cm³/mol. The van der Waals surface area contributed by atoms with Crippen molar-refractivity contribution in [3.63, 3.8) is 0 Å². The second-order valence-electron chi connectivity index (χ2n) is 8.78. The van der Waals surface area contributed by atoms with Crippen molar-refractivity contribution in [2.45, 2.75) is 38.2 Å². The highest BCUT2D eigenvalue weighted by Gasteiger charge is 2.31. The molecule has 2 N–H and O–H groups in total. The Labute approximate surface area is 207 Å². The average molecular weight is 465 g/mol. The van der Waals surface area contributed by atoms with Gasteiger partial charge in [-0.3, -0.25) is 9.69 Å². The van der Waals surface area contributed by atoms with Crippen LogP contribution < -0.4 is 5.32 Å².